The van der Waals surface area contributed by atoms with Crippen molar-refractivity contribution in [2.24, 2.45) is 5.92 Å². The highest BCUT2D eigenvalue weighted by atomic mass is 16.5. The minimum Gasteiger partial charge on any atom is -0.473 e. The SMILES string of the molecule is CC(C)Oc1nc(N2CCC[C@H](CO)C2)ccc1NC(=O)c1coc2c1C(=O)NC(C)(C)C2. The Bertz CT molecular complexity index is 1050. The topological polar surface area (TPSA) is 117 Å². The zero-order valence-electron chi connectivity index (χ0n) is 19.6. The van der Waals surface area contributed by atoms with Crippen molar-refractivity contribution in [1.29, 1.82) is 0 Å². The highest BCUT2D eigenvalue weighted by molar-refractivity contribution is 6.13. The van der Waals surface area contributed by atoms with Crippen LogP contribution in [-0.4, -0.2) is 53.2 Å². The summed E-state index contributed by atoms with van der Waals surface area (Å²) in [5.74, 6) is 0.989. The molecular formula is C24H32N4O5. The number of ether oxygens (including phenoxy) is 1. The van der Waals surface area contributed by atoms with Gasteiger partial charge in [-0.1, -0.05) is 0 Å². The number of furan rings is 1. The molecule has 3 N–H and O–H groups in total. The van der Waals surface area contributed by atoms with E-state index in [1.54, 1.807) is 6.07 Å². The van der Waals surface area contributed by atoms with Gasteiger partial charge in [0, 0.05) is 31.7 Å². The van der Waals surface area contributed by atoms with Gasteiger partial charge in [-0.3, -0.25) is 9.59 Å². The quantitative estimate of drug-likeness (QED) is 0.612. The summed E-state index contributed by atoms with van der Waals surface area (Å²) in [4.78, 5) is 32.5. The smallest absolute Gasteiger partial charge is 0.259 e. The molecule has 1 atom stereocenters. The number of aromatic nitrogens is 1. The van der Waals surface area contributed by atoms with Gasteiger partial charge < -0.3 is 29.8 Å². The Balaban J connectivity index is 1.58. The van der Waals surface area contributed by atoms with E-state index >= 15 is 0 Å². The largest absolute Gasteiger partial charge is 0.473 e. The number of hydrogen-bond donors (Lipinski definition) is 3. The molecule has 2 aromatic heterocycles. The average molecular weight is 457 g/mol. The van der Waals surface area contributed by atoms with Crippen LogP contribution >= 0.6 is 0 Å². The number of piperidine rings is 1. The van der Waals surface area contributed by atoms with Crippen molar-refractivity contribution >= 4 is 23.3 Å². The Morgan fingerprint density at radius 1 is 1.42 bits per heavy atom. The number of fused-ring (bicyclic) bond motifs is 1. The fraction of sp³-hybridized carbons (Fsp3) is 0.542. The number of nitrogens with one attached hydrogen (secondary N) is 2. The van der Waals surface area contributed by atoms with E-state index in [9.17, 15) is 14.7 Å². The molecule has 2 amide bonds. The van der Waals surface area contributed by atoms with E-state index in [-0.39, 0.29) is 35.7 Å². The van der Waals surface area contributed by atoms with Crippen molar-refractivity contribution in [1.82, 2.24) is 10.3 Å². The van der Waals surface area contributed by atoms with Crippen molar-refractivity contribution in [3.8, 4) is 5.88 Å². The van der Waals surface area contributed by atoms with Crippen LogP contribution in [0, 0.1) is 5.92 Å². The van der Waals surface area contributed by atoms with Crippen molar-refractivity contribution < 1.29 is 23.8 Å². The number of aliphatic hydroxyl groups excluding tert-OH is 1. The molecule has 2 aromatic rings. The summed E-state index contributed by atoms with van der Waals surface area (Å²) in [5, 5.41) is 15.3. The second-order valence-electron chi connectivity index (χ2n) is 9.74. The third kappa shape index (κ3) is 4.98. The lowest BCUT2D eigenvalue weighted by Gasteiger charge is -2.33. The first-order valence-electron chi connectivity index (χ1n) is 11.4. The predicted molar refractivity (Wildman–Crippen MR) is 124 cm³/mol. The van der Waals surface area contributed by atoms with Gasteiger partial charge in [-0.15, -0.1) is 0 Å². The van der Waals surface area contributed by atoms with Crippen molar-refractivity contribution in [3.63, 3.8) is 0 Å². The Morgan fingerprint density at radius 3 is 2.94 bits per heavy atom. The monoisotopic (exact) mass is 456 g/mol. The van der Waals surface area contributed by atoms with Crippen LogP contribution in [0.1, 0.15) is 67.0 Å². The number of pyridine rings is 1. The van der Waals surface area contributed by atoms with E-state index in [0.29, 0.717) is 23.7 Å². The van der Waals surface area contributed by atoms with Crippen molar-refractivity contribution in [3.05, 3.63) is 35.3 Å². The van der Waals surface area contributed by atoms with Crippen molar-refractivity contribution in [2.45, 2.75) is 58.6 Å². The van der Waals surface area contributed by atoms with E-state index in [1.165, 1.54) is 6.26 Å². The normalized spacial score (nSPS) is 19.8. The molecule has 0 bridgehead atoms. The van der Waals surface area contributed by atoms with Crippen LogP contribution in [0.25, 0.3) is 0 Å². The number of aliphatic hydroxyl groups is 1. The van der Waals surface area contributed by atoms with Crippen LogP contribution in [0.5, 0.6) is 5.88 Å². The molecule has 4 heterocycles. The van der Waals surface area contributed by atoms with Gasteiger partial charge in [-0.2, -0.15) is 4.98 Å². The maximum atomic E-state index is 13.1. The Morgan fingerprint density at radius 2 is 2.21 bits per heavy atom. The molecule has 2 aliphatic rings. The van der Waals surface area contributed by atoms with Gasteiger partial charge in [0.25, 0.3) is 11.8 Å². The second-order valence-corrected chi connectivity index (χ2v) is 9.74. The molecule has 2 aliphatic heterocycles. The van der Waals surface area contributed by atoms with E-state index < -0.39 is 11.4 Å². The van der Waals surface area contributed by atoms with Crippen LogP contribution in [0.3, 0.4) is 0 Å². The van der Waals surface area contributed by atoms with Gasteiger partial charge in [0.2, 0.25) is 5.88 Å². The standard InChI is InChI=1S/C24H32N4O5/c1-14(2)33-23-17(7-8-19(26-23)28-9-5-6-15(11-28)12-29)25-21(30)16-13-32-18-10-24(3,4)27-22(31)20(16)18/h7-8,13-15,29H,5-6,9-12H2,1-4H3,(H,25,30)(H,27,31)/t15-/m0/s1. The molecule has 0 aliphatic carbocycles. The molecule has 0 saturated carbocycles. The van der Waals surface area contributed by atoms with Crippen LogP contribution in [0.15, 0.2) is 22.8 Å². The van der Waals surface area contributed by atoms with Gasteiger partial charge in [0.05, 0.1) is 17.2 Å². The Labute approximate surface area is 193 Å². The summed E-state index contributed by atoms with van der Waals surface area (Å²) in [6.07, 6.45) is 3.66. The predicted octanol–water partition coefficient (Wildman–Crippen LogP) is 2.99. The Hall–Kier alpha value is -3.07. The molecule has 9 heteroatoms. The van der Waals surface area contributed by atoms with E-state index in [4.69, 9.17) is 9.15 Å². The molecular weight excluding hydrogens is 424 g/mol. The molecule has 0 spiro atoms. The fourth-order valence-electron chi connectivity index (χ4n) is 4.39. The summed E-state index contributed by atoms with van der Waals surface area (Å²) >= 11 is 0. The first-order valence-corrected chi connectivity index (χ1v) is 11.4. The van der Waals surface area contributed by atoms with Gasteiger partial charge in [-0.05, 0) is 58.6 Å². The number of nitrogens with zero attached hydrogens (tertiary/aromatic N) is 2. The molecule has 1 saturated heterocycles. The second kappa shape index (κ2) is 9.05. The number of amides is 2. The van der Waals surface area contributed by atoms with Gasteiger partial charge in [-0.25, -0.2) is 0 Å². The Kier molecular flexibility index (Phi) is 6.34. The minimum atomic E-state index is -0.462. The zero-order valence-corrected chi connectivity index (χ0v) is 19.6. The maximum absolute atomic E-state index is 13.1. The van der Waals surface area contributed by atoms with E-state index in [2.05, 4.69) is 20.5 Å². The molecule has 0 radical (unpaired) electrons. The molecule has 178 valence electrons. The van der Waals surface area contributed by atoms with Crippen LogP contribution in [0.4, 0.5) is 11.5 Å². The van der Waals surface area contributed by atoms with Gasteiger partial charge >= 0.3 is 0 Å². The van der Waals surface area contributed by atoms with Crippen molar-refractivity contribution in [2.75, 3.05) is 29.9 Å². The summed E-state index contributed by atoms with van der Waals surface area (Å²) in [5.41, 5.74) is 0.433. The lowest BCUT2D eigenvalue weighted by atomic mass is 9.91. The third-order valence-corrected chi connectivity index (χ3v) is 5.94. The molecule has 0 aromatic carbocycles. The van der Waals surface area contributed by atoms with E-state index in [1.807, 2.05) is 33.8 Å². The first kappa shape index (κ1) is 23.1. The first-order chi connectivity index (χ1) is 15.7. The van der Waals surface area contributed by atoms with Crippen LogP contribution < -0.4 is 20.3 Å². The van der Waals surface area contributed by atoms with Gasteiger partial charge in [0.1, 0.15) is 23.5 Å². The third-order valence-electron chi connectivity index (χ3n) is 5.94. The lowest BCUT2D eigenvalue weighted by Crippen LogP contribution is -2.49. The van der Waals surface area contributed by atoms with E-state index in [0.717, 1.165) is 31.7 Å². The molecule has 4 rings (SSSR count). The number of anilines is 2. The lowest BCUT2D eigenvalue weighted by molar-refractivity contribution is 0.0882. The van der Waals surface area contributed by atoms with Gasteiger partial charge in [0.15, 0.2) is 0 Å². The number of hydrogen-bond acceptors (Lipinski definition) is 7. The molecule has 0 unspecified atom stereocenters. The fourth-order valence-corrected chi connectivity index (χ4v) is 4.39. The number of rotatable bonds is 6. The summed E-state index contributed by atoms with van der Waals surface area (Å²) in [6, 6.07) is 3.60. The highest BCUT2D eigenvalue weighted by Gasteiger charge is 2.36. The summed E-state index contributed by atoms with van der Waals surface area (Å²) < 4.78 is 11.5. The summed E-state index contributed by atoms with van der Waals surface area (Å²) in [7, 11) is 0. The number of carbonyl (C=O) groups excluding carboxylic acids is 2. The number of carbonyl (C=O) groups is 2. The maximum Gasteiger partial charge on any atom is 0.259 e. The average Bonchev–Trinajstić information content (AvgIpc) is 3.17. The molecule has 33 heavy (non-hydrogen) atoms. The molecule has 1 fully saturated rings. The zero-order chi connectivity index (χ0) is 23.8. The minimum absolute atomic E-state index is 0.148. The van der Waals surface area contributed by atoms with Crippen LogP contribution in [-0.2, 0) is 6.42 Å². The summed E-state index contributed by atoms with van der Waals surface area (Å²) in [6.45, 7) is 9.32. The van der Waals surface area contributed by atoms with Crippen LogP contribution in [0.2, 0.25) is 0 Å². The highest BCUT2D eigenvalue weighted by Crippen LogP contribution is 2.31. The molecule has 9 nitrogen and oxygen atoms in total.